The molecule has 0 saturated carbocycles. The first kappa shape index (κ1) is 20.1. The van der Waals surface area contributed by atoms with Crippen molar-refractivity contribution in [1.29, 1.82) is 0 Å². The minimum Gasteiger partial charge on any atom is -0.367 e. The summed E-state index contributed by atoms with van der Waals surface area (Å²) in [4.78, 5) is 21.5. The number of aromatic nitrogens is 4. The number of amides is 1. The molecule has 0 radical (unpaired) electrons. The van der Waals surface area contributed by atoms with E-state index < -0.39 is 0 Å². The lowest BCUT2D eigenvalue weighted by molar-refractivity contribution is 0.0952. The molecule has 0 saturated heterocycles. The second kappa shape index (κ2) is 8.60. The third kappa shape index (κ3) is 4.44. The van der Waals surface area contributed by atoms with Gasteiger partial charge in [-0.3, -0.25) is 4.79 Å². The molecular weight excluding hydrogens is 372 g/mol. The van der Waals surface area contributed by atoms with Gasteiger partial charge in [0.2, 0.25) is 0 Å². The van der Waals surface area contributed by atoms with Crippen molar-refractivity contribution in [1.82, 2.24) is 25.1 Å². The molecule has 1 aromatic carbocycles. The SMILES string of the molecule is CSc1nc(NC(C)C)c2cnn(CCNC(=O)c3ccc(C)c(C)c3)c2n1. The highest BCUT2D eigenvalue weighted by atomic mass is 32.2. The van der Waals surface area contributed by atoms with Crippen LogP contribution >= 0.6 is 11.8 Å². The maximum absolute atomic E-state index is 12.4. The van der Waals surface area contributed by atoms with Crippen molar-refractivity contribution in [3.05, 3.63) is 41.1 Å². The van der Waals surface area contributed by atoms with Gasteiger partial charge in [-0.15, -0.1) is 0 Å². The summed E-state index contributed by atoms with van der Waals surface area (Å²) in [5, 5.41) is 12.3. The fourth-order valence-electron chi connectivity index (χ4n) is 2.83. The van der Waals surface area contributed by atoms with Gasteiger partial charge in [0.25, 0.3) is 5.91 Å². The molecule has 0 bridgehead atoms. The molecule has 7 nitrogen and oxygen atoms in total. The molecule has 3 rings (SSSR count). The van der Waals surface area contributed by atoms with Crippen LogP contribution in [0.4, 0.5) is 5.82 Å². The van der Waals surface area contributed by atoms with Gasteiger partial charge >= 0.3 is 0 Å². The highest BCUT2D eigenvalue weighted by Crippen LogP contribution is 2.23. The molecule has 0 aliphatic carbocycles. The smallest absolute Gasteiger partial charge is 0.251 e. The normalized spacial score (nSPS) is 11.2. The van der Waals surface area contributed by atoms with Crippen molar-refractivity contribution < 1.29 is 4.79 Å². The van der Waals surface area contributed by atoms with Crippen molar-refractivity contribution in [3.8, 4) is 0 Å². The molecule has 1 amide bonds. The van der Waals surface area contributed by atoms with E-state index in [-0.39, 0.29) is 11.9 Å². The van der Waals surface area contributed by atoms with E-state index in [0.717, 1.165) is 22.4 Å². The summed E-state index contributed by atoms with van der Waals surface area (Å²) in [6.45, 7) is 9.18. The molecule has 0 fully saturated rings. The molecule has 2 aromatic heterocycles. The van der Waals surface area contributed by atoms with Crippen molar-refractivity contribution in [2.75, 3.05) is 18.1 Å². The molecule has 0 spiro atoms. The monoisotopic (exact) mass is 398 g/mol. The van der Waals surface area contributed by atoms with Crippen LogP contribution in [0.3, 0.4) is 0 Å². The Morgan fingerprint density at radius 2 is 2.00 bits per heavy atom. The zero-order valence-corrected chi connectivity index (χ0v) is 17.7. The number of benzene rings is 1. The Hall–Kier alpha value is -2.61. The minimum absolute atomic E-state index is 0.0823. The van der Waals surface area contributed by atoms with Gasteiger partial charge in [-0.05, 0) is 57.2 Å². The fraction of sp³-hybridized carbons (Fsp3) is 0.400. The van der Waals surface area contributed by atoms with Crippen LogP contribution in [0.2, 0.25) is 0 Å². The van der Waals surface area contributed by atoms with Crippen molar-refractivity contribution in [2.45, 2.75) is 45.4 Å². The number of hydrogen-bond acceptors (Lipinski definition) is 6. The molecule has 8 heteroatoms. The first-order valence-electron chi connectivity index (χ1n) is 9.28. The minimum atomic E-state index is -0.0823. The first-order valence-corrected chi connectivity index (χ1v) is 10.5. The predicted octanol–water partition coefficient (Wildman–Crippen LogP) is 3.42. The second-order valence-electron chi connectivity index (χ2n) is 7.02. The van der Waals surface area contributed by atoms with Gasteiger partial charge in [0.05, 0.1) is 18.1 Å². The summed E-state index contributed by atoms with van der Waals surface area (Å²) < 4.78 is 1.81. The number of carbonyl (C=O) groups excluding carboxylic acids is 1. The highest BCUT2D eigenvalue weighted by Gasteiger charge is 2.14. The van der Waals surface area contributed by atoms with Crippen LogP contribution in [0.15, 0.2) is 29.6 Å². The quantitative estimate of drug-likeness (QED) is 0.469. The number of hydrogen-bond donors (Lipinski definition) is 2. The third-order valence-electron chi connectivity index (χ3n) is 4.46. The molecule has 148 valence electrons. The summed E-state index contributed by atoms with van der Waals surface area (Å²) >= 11 is 1.49. The lowest BCUT2D eigenvalue weighted by Crippen LogP contribution is -2.27. The average Bonchev–Trinajstić information content (AvgIpc) is 3.06. The van der Waals surface area contributed by atoms with Gasteiger partial charge in [-0.2, -0.15) is 5.10 Å². The van der Waals surface area contributed by atoms with E-state index >= 15 is 0 Å². The maximum atomic E-state index is 12.4. The number of anilines is 1. The van der Waals surface area contributed by atoms with Crippen LogP contribution in [0.25, 0.3) is 11.0 Å². The number of rotatable bonds is 7. The first-order chi connectivity index (χ1) is 13.4. The van der Waals surface area contributed by atoms with Gasteiger partial charge in [0, 0.05) is 18.2 Å². The lowest BCUT2D eigenvalue weighted by Gasteiger charge is -2.11. The van der Waals surface area contributed by atoms with Crippen molar-refractivity contribution in [2.24, 2.45) is 0 Å². The van der Waals surface area contributed by atoms with Crippen LogP contribution in [0.1, 0.15) is 35.3 Å². The Bertz CT molecular complexity index is 998. The van der Waals surface area contributed by atoms with E-state index in [1.54, 1.807) is 6.20 Å². The third-order valence-corrected chi connectivity index (χ3v) is 5.01. The molecular formula is C20H26N6OS. The Morgan fingerprint density at radius 1 is 1.21 bits per heavy atom. The van der Waals surface area contributed by atoms with E-state index in [0.29, 0.717) is 23.8 Å². The van der Waals surface area contributed by atoms with E-state index in [9.17, 15) is 4.79 Å². The fourth-order valence-corrected chi connectivity index (χ4v) is 3.19. The molecule has 2 N–H and O–H groups in total. The molecule has 28 heavy (non-hydrogen) atoms. The zero-order valence-electron chi connectivity index (χ0n) is 16.9. The predicted molar refractivity (Wildman–Crippen MR) is 114 cm³/mol. The zero-order chi connectivity index (χ0) is 20.3. The Morgan fingerprint density at radius 3 is 2.68 bits per heavy atom. The number of aryl methyl sites for hydroxylation is 2. The Balaban J connectivity index is 1.73. The van der Waals surface area contributed by atoms with Crippen LogP contribution in [-0.4, -0.2) is 44.5 Å². The van der Waals surface area contributed by atoms with Crippen LogP contribution in [0.5, 0.6) is 0 Å². The summed E-state index contributed by atoms with van der Waals surface area (Å²) in [5.74, 6) is 0.705. The molecule has 0 aliphatic heterocycles. The molecule has 0 aliphatic rings. The number of carbonyl (C=O) groups is 1. The number of thioether (sulfide) groups is 1. The Kier molecular flexibility index (Phi) is 6.18. The summed E-state index contributed by atoms with van der Waals surface area (Å²) in [6, 6.07) is 5.99. The van der Waals surface area contributed by atoms with Gasteiger partial charge in [-0.1, -0.05) is 17.8 Å². The van der Waals surface area contributed by atoms with Crippen LogP contribution in [-0.2, 0) is 6.54 Å². The number of fused-ring (bicyclic) bond motifs is 1. The summed E-state index contributed by atoms with van der Waals surface area (Å²) in [5.41, 5.74) is 3.72. The van der Waals surface area contributed by atoms with Crippen molar-refractivity contribution >= 4 is 34.5 Å². The van der Waals surface area contributed by atoms with Gasteiger partial charge in [0.1, 0.15) is 5.82 Å². The van der Waals surface area contributed by atoms with Crippen LogP contribution in [0, 0.1) is 13.8 Å². The molecule has 0 atom stereocenters. The Labute approximate surface area is 169 Å². The largest absolute Gasteiger partial charge is 0.367 e. The number of nitrogens with zero attached hydrogens (tertiary/aromatic N) is 4. The molecule has 2 heterocycles. The average molecular weight is 399 g/mol. The van der Waals surface area contributed by atoms with Crippen LogP contribution < -0.4 is 10.6 Å². The lowest BCUT2D eigenvalue weighted by atomic mass is 10.1. The number of nitrogens with one attached hydrogen (secondary N) is 2. The molecule has 0 unspecified atom stereocenters. The van der Waals surface area contributed by atoms with E-state index in [1.165, 1.54) is 17.3 Å². The van der Waals surface area contributed by atoms with Gasteiger partial charge in [-0.25, -0.2) is 14.6 Å². The topological polar surface area (TPSA) is 84.7 Å². The van der Waals surface area contributed by atoms with E-state index in [4.69, 9.17) is 0 Å². The standard InChI is InChI=1S/C20H26N6OS/c1-12(2)23-17-16-11-22-26(18(16)25-20(24-17)28-5)9-8-21-19(27)15-7-6-13(3)14(4)10-15/h6-7,10-12H,8-9H2,1-5H3,(H,21,27)(H,23,24,25). The summed E-state index contributed by atoms with van der Waals surface area (Å²) in [6.07, 6.45) is 3.72. The van der Waals surface area contributed by atoms with Gasteiger partial charge in [0.15, 0.2) is 10.8 Å². The van der Waals surface area contributed by atoms with Gasteiger partial charge < -0.3 is 10.6 Å². The maximum Gasteiger partial charge on any atom is 0.251 e. The summed E-state index contributed by atoms with van der Waals surface area (Å²) in [7, 11) is 0. The highest BCUT2D eigenvalue weighted by molar-refractivity contribution is 7.98. The van der Waals surface area contributed by atoms with Crippen molar-refractivity contribution in [3.63, 3.8) is 0 Å². The van der Waals surface area contributed by atoms with E-state index in [1.807, 2.05) is 43.0 Å². The second-order valence-corrected chi connectivity index (χ2v) is 7.79. The van der Waals surface area contributed by atoms with E-state index in [2.05, 4.69) is 39.5 Å². The molecule has 3 aromatic rings.